The number of thioether (sulfide) groups is 1. The van der Waals surface area contributed by atoms with Gasteiger partial charge in [0.2, 0.25) is 0 Å². The number of fused-ring (bicyclic) bond motifs is 4. The van der Waals surface area contributed by atoms with Crippen LogP contribution in [0.1, 0.15) is 77.3 Å². The third kappa shape index (κ3) is 6.21. The van der Waals surface area contributed by atoms with Crippen LogP contribution in [0.15, 0.2) is 148 Å². The zero-order valence-corrected chi connectivity index (χ0v) is 33.9. The molecule has 0 fully saturated rings. The molecule has 0 saturated heterocycles. The third-order valence-corrected chi connectivity index (χ3v) is 13.1. The van der Waals surface area contributed by atoms with Gasteiger partial charge in [0.1, 0.15) is 0 Å². The molecule has 2 heterocycles. The minimum absolute atomic E-state index is 0.0347. The fraction of sp³-hybridized carbons (Fsp3) is 0.286. The maximum absolute atomic E-state index is 10.2. The lowest BCUT2D eigenvalue weighted by Gasteiger charge is -2.36. The monoisotopic (exact) mass is 728 g/mol. The minimum atomic E-state index is -0.308. The first-order valence-electron chi connectivity index (χ1n) is 18.7. The van der Waals surface area contributed by atoms with E-state index in [9.17, 15) is 5.26 Å². The first-order chi connectivity index (χ1) is 25.8. The van der Waals surface area contributed by atoms with Crippen molar-refractivity contribution in [3.63, 3.8) is 0 Å². The first-order valence-corrected chi connectivity index (χ1v) is 19.6. The van der Waals surface area contributed by atoms with Crippen molar-refractivity contribution in [2.45, 2.75) is 65.6 Å². The van der Waals surface area contributed by atoms with Gasteiger partial charge in [-0.1, -0.05) is 132 Å². The van der Waals surface area contributed by atoms with E-state index in [1.807, 2.05) is 48.5 Å². The Bertz CT molecular complexity index is 2350. The average Bonchev–Trinajstić information content (AvgIpc) is 3.56. The summed E-state index contributed by atoms with van der Waals surface area (Å²) in [6.45, 7) is 32.3. The molecule has 3 atom stereocenters. The van der Waals surface area contributed by atoms with Crippen LogP contribution in [-0.4, -0.2) is 28.9 Å². The maximum Gasteiger partial charge on any atom is 0.0999 e. The van der Waals surface area contributed by atoms with E-state index in [-0.39, 0.29) is 27.9 Å². The number of hydrogen-bond donors (Lipinski definition) is 0. The molecule has 5 heteroatoms. The number of rotatable bonds is 10. The van der Waals surface area contributed by atoms with E-state index in [1.54, 1.807) is 7.05 Å². The van der Waals surface area contributed by atoms with Crippen molar-refractivity contribution < 1.29 is 0 Å². The van der Waals surface area contributed by atoms with Crippen molar-refractivity contribution in [2.24, 2.45) is 27.2 Å². The van der Waals surface area contributed by atoms with Crippen LogP contribution >= 0.6 is 11.8 Å². The zero-order chi connectivity index (χ0) is 39.1. The number of aliphatic imine (C=N–C) groups is 2. The Morgan fingerprint density at radius 1 is 1.06 bits per heavy atom. The molecule has 274 valence electrons. The quantitative estimate of drug-likeness (QED) is 0.139. The predicted molar refractivity (Wildman–Crippen MR) is 237 cm³/mol. The molecule has 1 aromatic carbocycles. The van der Waals surface area contributed by atoms with E-state index in [1.165, 1.54) is 33.4 Å². The van der Waals surface area contributed by atoms with Gasteiger partial charge in [-0.15, -0.1) is 11.8 Å². The summed E-state index contributed by atoms with van der Waals surface area (Å²) in [6, 6.07) is 7.13. The molecular weight excluding hydrogens is 677 g/mol. The second kappa shape index (κ2) is 14.9. The molecule has 4 nitrogen and oxygen atoms in total. The fourth-order valence-corrected chi connectivity index (χ4v) is 9.96. The largest absolute Gasteiger partial charge is 0.300 e. The molecule has 3 unspecified atom stereocenters. The van der Waals surface area contributed by atoms with Crippen molar-refractivity contribution in [1.29, 1.82) is 5.26 Å². The summed E-state index contributed by atoms with van der Waals surface area (Å²) in [6.07, 6.45) is 27.8. The number of aromatic nitrogens is 1. The Labute approximate surface area is 327 Å². The number of nitrogens with zero attached hydrogens (tertiary/aromatic N) is 4. The van der Waals surface area contributed by atoms with E-state index >= 15 is 0 Å². The smallest absolute Gasteiger partial charge is 0.0999 e. The highest BCUT2D eigenvalue weighted by atomic mass is 32.2. The van der Waals surface area contributed by atoms with Crippen LogP contribution in [0.5, 0.6) is 0 Å². The fourth-order valence-electron chi connectivity index (χ4n) is 8.62. The number of benzene rings is 1. The third-order valence-electron chi connectivity index (χ3n) is 11.7. The van der Waals surface area contributed by atoms with Gasteiger partial charge in [0.05, 0.1) is 40.9 Å². The molecule has 3 aliphatic carbocycles. The van der Waals surface area contributed by atoms with Gasteiger partial charge >= 0.3 is 0 Å². The second-order valence-corrected chi connectivity index (χ2v) is 16.8. The Kier molecular flexibility index (Phi) is 10.6. The lowest BCUT2D eigenvalue weighted by Crippen LogP contribution is -2.30. The van der Waals surface area contributed by atoms with Crippen LogP contribution in [0.3, 0.4) is 0 Å². The molecule has 0 spiro atoms. The summed E-state index contributed by atoms with van der Waals surface area (Å²) in [5, 5.41) is 11.5. The molecule has 1 aliphatic heterocycles. The summed E-state index contributed by atoms with van der Waals surface area (Å²) < 4.78 is 2.24. The van der Waals surface area contributed by atoms with Gasteiger partial charge in [-0.05, 0) is 73.2 Å². The van der Waals surface area contributed by atoms with Crippen LogP contribution in [0.4, 0.5) is 0 Å². The lowest BCUT2D eigenvalue weighted by molar-refractivity contribution is 0.550. The van der Waals surface area contributed by atoms with E-state index < -0.39 is 0 Å². The summed E-state index contributed by atoms with van der Waals surface area (Å²) in [4.78, 5) is 11.3. The van der Waals surface area contributed by atoms with Crippen LogP contribution in [-0.2, 0) is 5.41 Å². The lowest BCUT2D eigenvalue weighted by atomic mass is 9.75. The van der Waals surface area contributed by atoms with Gasteiger partial charge in [-0.2, -0.15) is 5.26 Å². The normalized spacial score (nSPS) is 22.7. The van der Waals surface area contributed by atoms with Gasteiger partial charge in [0.15, 0.2) is 0 Å². The van der Waals surface area contributed by atoms with Crippen LogP contribution < -0.4 is 0 Å². The van der Waals surface area contributed by atoms with Gasteiger partial charge in [-0.25, -0.2) is 4.99 Å². The Hall–Kier alpha value is -5.18. The molecular formula is C49H52N4S. The van der Waals surface area contributed by atoms with E-state index in [0.29, 0.717) is 6.42 Å². The summed E-state index contributed by atoms with van der Waals surface area (Å²) in [5.74, 6) is -0.273. The molecule has 0 saturated carbocycles. The number of hydrogen-bond acceptors (Lipinski definition) is 4. The molecule has 0 amide bonds. The number of nitriles is 1. The molecule has 6 rings (SSSR count). The van der Waals surface area contributed by atoms with E-state index in [4.69, 9.17) is 9.98 Å². The van der Waals surface area contributed by atoms with Crippen molar-refractivity contribution in [3.05, 3.63) is 160 Å². The minimum Gasteiger partial charge on any atom is -0.300 e. The molecule has 1 aromatic heterocycles. The SMILES string of the molecule is C=C/C=C\C(=C(C)C)C(C)(C)/C(C)=C/c1c(C=C)c2cc3c(cc2n1C=NC1=C2C(=CCC(C#N)C2=NC)SC2C=CC=CC12)C(C)(C)C(C=C)=C3C=C. The maximum atomic E-state index is 10.2. The van der Waals surface area contributed by atoms with Gasteiger partial charge in [0.25, 0.3) is 0 Å². The van der Waals surface area contributed by atoms with Crippen molar-refractivity contribution in [3.8, 4) is 6.07 Å². The van der Waals surface area contributed by atoms with Gasteiger partial charge in [-0.3, -0.25) is 9.56 Å². The first kappa shape index (κ1) is 38.5. The van der Waals surface area contributed by atoms with Crippen molar-refractivity contribution >= 4 is 52.4 Å². The van der Waals surface area contributed by atoms with Gasteiger partial charge < -0.3 is 0 Å². The van der Waals surface area contributed by atoms with Crippen LogP contribution in [0, 0.1) is 28.6 Å². The molecule has 0 radical (unpaired) electrons. The van der Waals surface area contributed by atoms with E-state index in [2.05, 4.69) is 140 Å². The van der Waals surface area contributed by atoms with Gasteiger partial charge in [0, 0.05) is 50.5 Å². The van der Waals surface area contributed by atoms with Crippen LogP contribution in [0.2, 0.25) is 0 Å². The molecule has 0 bridgehead atoms. The summed E-state index contributed by atoms with van der Waals surface area (Å²) in [7, 11) is 1.80. The molecule has 4 aliphatic rings. The molecule has 2 aromatic rings. The van der Waals surface area contributed by atoms with E-state index in [0.717, 1.165) is 49.6 Å². The second-order valence-electron chi connectivity index (χ2n) is 15.6. The Balaban J connectivity index is 1.68. The Morgan fingerprint density at radius 2 is 1.80 bits per heavy atom. The standard InChI is InChI=1S/C49H52N4S/c1-13-17-21-39(30(5)6)48(8,9)31(7)25-41-34(15-3)37-26-36-33(14-2)38(16-4)49(10,11)40(36)27-42(37)53(41)29-52-47-35-20-18-19-22-43(35)54-44-24-23-32(28-50)46(51-12)45(44)47/h13-22,24-27,29,32,35,43H,1-4,23H2,5-12H3/b21-17-,31-25+,51-46?,52-29?. The molecule has 0 N–H and O–H groups in total. The summed E-state index contributed by atoms with van der Waals surface area (Å²) >= 11 is 1.84. The molecule has 54 heavy (non-hydrogen) atoms. The number of allylic oxidation sites excluding steroid dienone is 15. The zero-order valence-electron chi connectivity index (χ0n) is 33.1. The predicted octanol–water partition coefficient (Wildman–Crippen LogP) is 12.7. The highest BCUT2D eigenvalue weighted by Crippen LogP contribution is 2.51. The summed E-state index contributed by atoms with van der Waals surface area (Å²) in [5.41, 5.74) is 13.7. The van der Waals surface area contributed by atoms with Crippen molar-refractivity contribution in [2.75, 3.05) is 7.05 Å². The topological polar surface area (TPSA) is 53.4 Å². The average molecular weight is 729 g/mol. The van der Waals surface area contributed by atoms with Crippen LogP contribution in [0.25, 0.3) is 28.6 Å². The Morgan fingerprint density at radius 3 is 2.43 bits per heavy atom. The highest BCUT2D eigenvalue weighted by molar-refractivity contribution is 8.04. The highest BCUT2D eigenvalue weighted by Gasteiger charge is 2.39. The van der Waals surface area contributed by atoms with Crippen molar-refractivity contribution in [1.82, 2.24) is 4.57 Å².